The Kier molecular flexibility index (Phi) is 26.8. The molecule has 68 heavy (non-hydrogen) atoms. The van der Waals surface area contributed by atoms with Crippen LogP contribution in [0.1, 0.15) is 94.6 Å². The molecule has 4 heterocycles. The molecule has 1 unspecified atom stereocenters. The summed E-state index contributed by atoms with van der Waals surface area (Å²) in [5.74, 6) is -0.578. The number of Topliss-reactive ketones (excluding diaryl/α,β-unsaturated/α-hetero) is 2. The van der Waals surface area contributed by atoms with Crippen molar-refractivity contribution in [1.29, 1.82) is 0 Å². The number of likely N-dealkylation sites (tertiary alicyclic amines) is 1. The smallest absolute Gasteiger partial charge is 0.549 e. The van der Waals surface area contributed by atoms with Crippen LogP contribution in [0.25, 0.3) is 0 Å². The second-order valence-electron chi connectivity index (χ2n) is 17.8. The third-order valence-corrected chi connectivity index (χ3v) is 12.8. The van der Waals surface area contributed by atoms with Crippen LogP contribution in [-0.2, 0) is 43.1 Å². The van der Waals surface area contributed by atoms with Crippen LogP contribution in [0, 0.1) is 63.6 Å². The molecule has 21 heteroatoms. The average molecular weight is 1090 g/mol. The van der Waals surface area contributed by atoms with Gasteiger partial charge in [-0.1, -0.05) is 11.8 Å². The molecule has 20 nitrogen and oxygen atoms in total. The van der Waals surface area contributed by atoms with Crippen molar-refractivity contribution in [2.24, 2.45) is 11.8 Å². The van der Waals surface area contributed by atoms with E-state index in [9.17, 15) is 58.8 Å². The Balaban J connectivity index is 0.0000122. The molecule has 0 aromatic carbocycles. The van der Waals surface area contributed by atoms with Crippen molar-refractivity contribution >= 4 is 47.3 Å². The number of carboxylic acid groups (broad SMARTS) is 4. The number of piperidine rings is 2. The number of carbonyl (C=O) groups excluding carboxylic acids is 7. The van der Waals surface area contributed by atoms with Crippen LogP contribution in [0.2, 0.25) is 0 Å². The van der Waals surface area contributed by atoms with Crippen LogP contribution in [0.5, 0.6) is 0 Å². The Hall–Kier alpha value is -4.01. The number of aliphatic carboxylic acids is 4. The van der Waals surface area contributed by atoms with E-state index in [1.54, 1.807) is 32.6 Å². The summed E-state index contributed by atoms with van der Waals surface area (Å²) < 4.78 is 5.32. The Labute approximate surface area is 430 Å². The summed E-state index contributed by atoms with van der Waals surface area (Å²) in [6.45, 7) is 4.65. The molecular weight excluding hydrogens is 1030 g/mol. The number of hydrogen-bond donors (Lipinski definition) is 2. The zero-order chi connectivity index (χ0) is 48.7. The number of hydrogen-bond acceptors (Lipinski definition) is 18. The second kappa shape index (κ2) is 31.3. The number of esters is 1. The number of aromatic nitrogens is 1. The first-order valence-electron chi connectivity index (χ1n) is 23.4. The van der Waals surface area contributed by atoms with E-state index in [0.29, 0.717) is 49.4 Å². The average Bonchev–Trinajstić information content (AvgIpc) is 3.29. The Morgan fingerprint density at radius 2 is 1.38 bits per heavy atom. The van der Waals surface area contributed by atoms with Gasteiger partial charge < -0.3 is 49.8 Å². The molecule has 2 N–H and O–H groups in total. The molecule has 3 aliphatic rings. The van der Waals surface area contributed by atoms with E-state index in [1.165, 1.54) is 17.3 Å². The fourth-order valence-corrected chi connectivity index (χ4v) is 8.85. The molecule has 3 atom stereocenters. The van der Waals surface area contributed by atoms with Gasteiger partial charge in [0.05, 0.1) is 36.8 Å². The van der Waals surface area contributed by atoms with E-state index in [0.717, 1.165) is 32.4 Å². The predicted octanol–water partition coefficient (Wildman–Crippen LogP) is -2.89. The second-order valence-corrected chi connectivity index (χ2v) is 17.8. The summed E-state index contributed by atoms with van der Waals surface area (Å²) in [6, 6.07) is 0.973. The number of nitrogens with one attached hydrogen (secondary N) is 1. The van der Waals surface area contributed by atoms with Gasteiger partial charge in [0.2, 0.25) is 5.91 Å². The molecule has 375 valence electrons. The number of pyridine rings is 1. The van der Waals surface area contributed by atoms with Crippen molar-refractivity contribution in [1.82, 2.24) is 34.8 Å². The molecule has 3 fully saturated rings. The van der Waals surface area contributed by atoms with Crippen molar-refractivity contribution in [2.75, 3.05) is 105 Å². The molecule has 1 aromatic rings. The quantitative estimate of drug-likeness (QED) is 0.0670. The maximum atomic E-state index is 13.6. The minimum Gasteiger partial charge on any atom is -0.549 e. The molecule has 4 rings (SSSR count). The predicted molar refractivity (Wildman–Crippen MR) is 235 cm³/mol. The van der Waals surface area contributed by atoms with Crippen molar-refractivity contribution in [3.63, 3.8) is 0 Å². The molecular formula is C47H66GdN7O13. The topological polar surface area (TPSA) is 276 Å². The van der Waals surface area contributed by atoms with Crippen LogP contribution in [-0.4, -0.2) is 193 Å². The monoisotopic (exact) mass is 1090 g/mol. The third kappa shape index (κ3) is 22.2. The number of carbonyl (C=O) groups is 8. The van der Waals surface area contributed by atoms with Gasteiger partial charge in [-0.2, -0.15) is 0 Å². The zero-order valence-corrected chi connectivity index (χ0v) is 41.3. The molecule has 1 aromatic heterocycles. The van der Waals surface area contributed by atoms with Crippen LogP contribution in [0.4, 0.5) is 0 Å². The number of carboxylic acids is 4. The summed E-state index contributed by atoms with van der Waals surface area (Å²) in [4.78, 5) is 111. The number of amides is 1. The SMILES string of the molecule is CC(C(=O)CCC(=O)OCCC#Cc1cncc([C@H](CC(=O)O)CC(=O)[C@@H]2CCCN(C(=O)CCC3CCNCC3)C2)c1)N1CCN(CC(=O)[O-])CCN(CC(=O)[O-])CCN(CC(=O)[O-])CC1.[Gd+3]. The van der Waals surface area contributed by atoms with Gasteiger partial charge in [0, 0.05) is 141 Å². The Morgan fingerprint density at radius 3 is 1.96 bits per heavy atom. The van der Waals surface area contributed by atoms with Gasteiger partial charge >= 0.3 is 51.9 Å². The largest absolute Gasteiger partial charge is 3.00 e. The fourth-order valence-electron chi connectivity index (χ4n) is 8.85. The first-order chi connectivity index (χ1) is 32.1. The molecule has 3 saturated heterocycles. The molecule has 1 amide bonds. The summed E-state index contributed by atoms with van der Waals surface area (Å²) in [6.07, 6.45) is 7.31. The zero-order valence-electron chi connectivity index (χ0n) is 39.0. The Morgan fingerprint density at radius 1 is 0.794 bits per heavy atom. The van der Waals surface area contributed by atoms with Gasteiger partial charge in [0.15, 0.2) is 0 Å². The van der Waals surface area contributed by atoms with Crippen molar-refractivity contribution in [3.8, 4) is 11.8 Å². The van der Waals surface area contributed by atoms with E-state index < -0.39 is 61.4 Å². The standard InChI is InChI=1S/C47H69N7O13.Gd/c1-34(53-22-20-51(32-45(62)63)18-16-50(31-44(60)61)17-19-52(21-23-53)33-46(64)65)40(55)8-10-47(66)67-24-3-2-5-36-25-39(29-49-28-36)38(27-43(58)59)26-41(56)37-6-4-15-54(30-37)42(57)9-7-35-11-13-48-14-12-35;/h25,28-29,34-35,37-38,48H,3-4,6-24,26-27,30-33H2,1H3,(H,58,59)(H,60,61)(H,62,63)(H,64,65);/q;+3/p-3/t34?,37-,38+;/m1./s1. The minimum absolute atomic E-state index is 0. The van der Waals surface area contributed by atoms with E-state index in [4.69, 9.17) is 4.74 Å². The van der Waals surface area contributed by atoms with Crippen molar-refractivity contribution in [2.45, 2.75) is 89.5 Å². The number of nitrogens with zero attached hydrogens (tertiary/aromatic N) is 6. The van der Waals surface area contributed by atoms with Crippen molar-refractivity contribution in [3.05, 3.63) is 29.6 Å². The van der Waals surface area contributed by atoms with Crippen LogP contribution >= 0.6 is 0 Å². The minimum atomic E-state index is -1.33. The fraction of sp³-hybridized carbons (Fsp3) is 0.681. The van der Waals surface area contributed by atoms with Gasteiger partial charge in [-0.25, -0.2) is 0 Å². The summed E-state index contributed by atoms with van der Waals surface area (Å²) in [5.41, 5.74) is 1.04. The summed E-state index contributed by atoms with van der Waals surface area (Å²) >= 11 is 0. The van der Waals surface area contributed by atoms with Gasteiger partial charge in [0.25, 0.3) is 0 Å². The van der Waals surface area contributed by atoms with Crippen molar-refractivity contribution < 1.29 is 103 Å². The van der Waals surface area contributed by atoms with E-state index in [-0.39, 0.29) is 154 Å². The van der Waals surface area contributed by atoms with Gasteiger partial charge in [0.1, 0.15) is 18.2 Å². The molecule has 0 saturated carbocycles. The first kappa shape index (κ1) is 58.3. The summed E-state index contributed by atoms with van der Waals surface area (Å²) in [7, 11) is 0. The third-order valence-electron chi connectivity index (χ3n) is 12.8. The first-order valence-corrected chi connectivity index (χ1v) is 23.4. The molecule has 1 radical (unpaired) electrons. The molecule has 3 aliphatic heterocycles. The number of ketones is 2. The summed E-state index contributed by atoms with van der Waals surface area (Å²) in [5, 5.41) is 47.4. The van der Waals surface area contributed by atoms with Crippen LogP contribution in [0.15, 0.2) is 18.5 Å². The number of ether oxygens (including phenoxy) is 1. The van der Waals surface area contributed by atoms with Gasteiger partial charge in [-0.3, -0.25) is 48.6 Å². The molecule has 0 aliphatic carbocycles. The molecule has 0 spiro atoms. The van der Waals surface area contributed by atoms with Gasteiger partial charge in [-0.05, 0) is 69.7 Å². The van der Waals surface area contributed by atoms with Gasteiger partial charge in [-0.15, -0.1) is 0 Å². The normalized spacial score (nSPS) is 19.4. The van der Waals surface area contributed by atoms with E-state index >= 15 is 0 Å². The maximum Gasteiger partial charge on any atom is 3.00 e. The van der Waals surface area contributed by atoms with Crippen LogP contribution < -0.4 is 20.6 Å². The van der Waals surface area contributed by atoms with Crippen LogP contribution in [0.3, 0.4) is 0 Å². The molecule has 0 bridgehead atoms. The van der Waals surface area contributed by atoms with E-state index in [1.807, 2.05) is 0 Å². The maximum absolute atomic E-state index is 13.6. The van der Waals surface area contributed by atoms with E-state index in [2.05, 4.69) is 22.1 Å². The number of rotatable bonds is 22. The Bertz CT molecular complexity index is 1890.